The molecule has 3 atom stereocenters. The van der Waals surface area contributed by atoms with Crippen molar-refractivity contribution in [2.24, 2.45) is 5.92 Å². The Morgan fingerprint density at radius 1 is 1.48 bits per heavy atom. The third-order valence-electron chi connectivity index (χ3n) is 6.24. The second kappa shape index (κ2) is 6.23. The number of halogens is 1. The van der Waals surface area contributed by atoms with Crippen LogP contribution in [0, 0.1) is 5.92 Å². The Bertz CT molecular complexity index is 911. The number of amides is 1. The van der Waals surface area contributed by atoms with Crippen LogP contribution < -0.4 is 10.1 Å². The van der Waals surface area contributed by atoms with E-state index in [0.29, 0.717) is 18.2 Å². The second-order valence-corrected chi connectivity index (χ2v) is 8.31. The number of nitrogens with one attached hydrogen (secondary N) is 1. The number of fused-ring (bicyclic) bond motifs is 3. The van der Waals surface area contributed by atoms with E-state index in [9.17, 15) is 4.79 Å². The molecule has 2 aromatic rings. The molecule has 3 aliphatic rings. The van der Waals surface area contributed by atoms with Gasteiger partial charge in [0.25, 0.3) is 0 Å². The molecule has 7 heteroatoms. The van der Waals surface area contributed by atoms with E-state index in [-0.39, 0.29) is 23.3 Å². The maximum atomic E-state index is 13.0. The third-order valence-corrected chi connectivity index (χ3v) is 6.48. The third kappa shape index (κ3) is 2.81. The lowest BCUT2D eigenvalue weighted by Crippen LogP contribution is -2.43. The van der Waals surface area contributed by atoms with Crippen molar-refractivity contribution >= 4 is 17.5 Å². The van der Waals surface area contributed by atoms with Crippen LogP contribution in [0.1, 0.15) is 43.4 Å². The zero-order valence-electron chi connectivity index (χ0n) is 15.4. The molecule has 2 aliphatic heterocycles. The van der Waals surface area contributed by atoms with Gasteiger partial charge < -0.3 is 10.1 Å². The van der Waals surface area contributed by atoms with E-state index in [1.807, 2.05) is 22.9 Å². The van der Waals surface area contributed by atoms with Gasteiger partial charge in [0.15, 0.2) is 5.82 Å². The quantitative estimate of drug-likeness (QED) is 0.880. The average molecular weight is 387 g/mol. The molecule has 6 nitrogen and oxygen atoms in total. The standard InChI is InChI=1S/C20H23ClN4O2/c1-2-17-23-18-6-4-13(11-25(18)24-17)22-19(26)15-10-20(15)7-8-27-16-5-3-12(21)9-14(16)20/h3,5,9,13,15H,2,4,6-8,10-11H2,1H3,(H,22,26)/t13-,15+,20+/m1/s1. The molecule has 1 N–H and O–H groups in total. The molecular formula is C20H23ClN4O2. The first-order valence-corrected chi connectivity index (χ1v) is 10.1. The van der Waals surface area contributed by atoms with Crippen LogP contribution in [0.15, 0.2) is 18.2 Å². The molecule has 3 heterocycles. The summed E-state index contributed by atoms with van der Waals surface area (Å²) in [6, 6.07) is 5.86. The Kier molecular flexibility index (Phi) is 3.93. The monoisotopic (exact) mass is 386 g/mol. The van der Waals surface area contributed by atoms with Crippen molar-refractivity contribution in [1.82, 2.24) is 20.1 Å². The van der Waals surface area contributed by atoms with Crippen molar-refractivity contribution in [2.75, 3.05) is 6.61 Å². The molecule has 1 spiro atoms. The summed E-state index contributed by atoms with van der Waals surface area (Å²) in [5, 5.41) is 8.49. The Labute approximate surface area is 163 Å². The molecule has 27 heavy (non-hydrogen) atoms. The van der Waals surface area contributed by atoms with E-state index >= 15 is 0 Å². The lowest BCUT2D eigenvalue weighted by molar-refractivity contribution is -0.123. The van der Waals surface area contributed by atoms with E-state index in [1.54, 1.807) is 0 Å². The number of hydrogen-bond donors (Lipinski definition) is 1. The lowest BCUT2D eigenvalue weighted by atomic mass is 9.87. The van der Waals surface area contributed by atoms with Crippen molar-refractivity contribution in [2.45, 2.75) is 57.0 Å². The van der Waals surface area contributed by atoms with Gasteiger partial charge in [-0.1, -0.05) is 18.5 Å². The fourth-order valence-corrected chi connectivity index (χ4v) is 4.82. The number of benzene rings is 1. The molecule has 0 bridgehead atoms. The largest absolute Gasteiger partial charge is 0.493 e. The first kappa shape index (κ1) is 17.0. The normalized spacial score (nSPS) is 28.2. The summed E-state index contributed by atoms with van der Waals surface area (Å²) in [6.07, 6.45) is 4.36. The summed E-state index contributed by atoms with van der Waals surface area (Å²) < 4.78 is 7.73. The van der Waals surface area contributed by atoms with Crippen LogP contribution in [0.5, 0.6) is 5.75 Å². The van der Waals surface area contributed by atoms with Crippen LogP contribution in [-0.2, 0) is 29.6 Å². The molecule has 0 unspecified atom stereocenters. The minimum atomic E-state index is -0.106. The molecule has 1 saturated carbocycles. The predicted octanol–water partition coefficient (Wildman–Crippen LogP) is 2.67. The average Bonchev–Trinajstić information content (AvgIpc) is 3.23. The highest BCUT2D eigenvalue weighted by atomic mass is 35.5. The summed E-state index contributed by atoms with van der Waals surface area (Å²) in [6.45, 7) is 3.42. The Hall–Kier alpha value is -2.08. The van der Waals surface area contributed by atoms with Crippen LogP contribution in [0.4, 0.5) is 0 Å². The molecule has 1 aliphatic carbocycles. The number of carbonyl (C=O) groups excluding carboxylic acids is 1. The molecule has 0 saturated heterocycles. The Morgan fingerprint density at radius 2 is 2.37 bits per heavy atom. The first-order chi connectivity index (χ1) is 13.1. The van der Waals surface area contributed by atoms with Gasteiger partial charge in [-0.25, -0.2) is 9.67 Å². The lowest BCUT2D eigenvalue weighted by Gasteiger charge is -2.28. The van der Waals surface area contributed by atoms with Crippen molar-refractivity contribution in [3.63, 3.8) is 0 Å². The SMILES string of the molecule is CCc1nc2n(n1)C[C@H](NC(=O)[C@@H]1C[C@]13CCOc1ccc(Cl)cc13)CC2. The van der Waals surface area contributed by atoms with Gasteiger partial charge in [0.2, 0.25) is 5.91 Å². The zero-order valence-corrected chi connectivity index (χ0v) is 16.1. The first-order valence-electron chi connectivity index (χ1n) is 9.75. The number of rotatable bonds is 3. The van der Waals surface area contributed by atoms with Crippen LogP contribution >= 0.6 is 11.6 Å². The Morgan fingerprint density at radius 3 is 3.22 bits per heavy atom. The summed E-state index contributed by atoms with van der Waals surface area (Å²) in [7, 11) is 0. The van der Waals surface area contributed by atoms with Crippen molar-refractivity contribution in [3.05, 3.63) is 40.4 Å². The predicted molar refractivity (Wildman–Crippen MR) is 101 cm³/mol. The number of nitrogens with zero attached hydrogens (tertiary/aromatic N) is 3. The van der Waals surface area contributed by atoms with Crippen molar-refractivity contribution in [1.29, 1.82) is 0 Å². The molecule has 1 fully saturated rings. The van der Waals surface area contributed by atoms with Gasteiger partial charge in [0.05, 0.1) is 13.2 Å². The number of aromatic nitrogens is 3. The molecule has 0 radical (unpaired) electrons. The van der Waals surface area contributed by atoms with Crippen LogP contribution in [0.2, 0.25) is 5.02 Å². The highest BCUT2D eigenvalue weighted by Crippen LogP contribution is 2.61. The molecule has 1 amide bonds. The van der Waals surface area contributed by atoms with E-state index in [4.69, 9.17) is 16.3 Å². The van der Waals surface area contributed by atoms with Gasteiger partial charge >= 0.3 is 0 Å². The fourth-order valence-electron chi connectivity index (χ4n) is 4.65. The Balaban J connectivity index is 1.29. The van der Waals surface area contributed by atoms with Crippen molar-refractivity contribution < 1.29 is 9.53 Å². The second-order valence-electron chi connectivity index (χ2n) is 7.88. The maximum Gasteiger partial charge on any atom is 0.224 e. The number of aryl methyl sites for hydroxylation is 2. The summed E-state index contributed by atoms with van der Waals surface area (Å²) in [5.74, 6) is 2.94. The fraction of sp³-hybridized carbons (Fsp3) is 0.550. The maximum absolute atomic E-state index is 13.0. The number of ether oxygens (including phenoxy) is 1. The van der Waals surface area contributed by atoms with E-state index in [2.05, 4.69) is 22.3 Å². The van der Waals surface area contributed by atoms with Crippen LogP contribution in [-0.4, -0.2) is 33.3 Å². The molecule has 1 aromatic heterocycles. The minimum absolute atomic E-state index is 0.00182. The molecular weight excluding hydrogens is 364 g/mol. The van der Waals surface area contributed by atoms with Gasteiger partial charge in [-0.05, 0) is 37.5 Å². The van der Waals surface area contributed by atoms with E-state index < -0.39 is 0 Å². The molecule has 142 valence electrons. The van der Waals surface area contributed by atoms with Gasteiger partial charge in [-0.3, -0.25) is 4.79 Å². The highest BCUT2D eigenvalue weighted by molar-refractivity contribution is 6.30. The summed E-state index contributed by atoms with van der Waals surface area (Å²) >= 11 is 6.20. The zero-order chi connectivity index (χ0) is 18.6. The number of carbonyl (C=O) groups is 1. The topological polar surface area (TPSA) is 69.0 Å². The summed E-state index contributed by atoms with van der Waals surface area (Å²) in [4.78, 5) is 17.5. The smallest absolute Gasteiger partial charge is 0.224 e. The van der Waals surface area contributed by atoms with Crippen molar-refractivity contribution in [3.8, 4) is 5.75 Å². The highest BCUT2D eigenvalue weighted by Gasteiger charge is 2.61. The van der Waals surface area contributed by atoms with E-state index in [1.165, 1.54) is 0 Å². The van der Waals surface area contributed by atoms with Gasteiger partial charge in [-0.2, -0.15) is 5.10 Å². The van der Waals surface area contributed by atoms with E-state index in [0.717, 1.165) is 55.1 Å². The van der Waals surface area contributed by atoms with Crippen LogP contribution in [0.25, 0.3) is 0 Å². The van der Waals surface area contributed by atoms with Crippen LogP contribution in [0.3, 0.4) is 0 Å². The molecule has 5 rings (SSSR count). The van der Waals surface area contributed by atoms with Gasteiger partial charge in [0, 0.05) is 40.8 Å². The minimum Gasteiger partial charge on any atom is -0.493 e. The van der Waals surface area contributed by atoms with Gasteiger partial charge in [0.1, 0.15) is 11.6 Å². The summed E-state index contributed by atoms with van der Waals surface area (Å²) in [5.41, 5.74) is 0.988. The van der Waals surface area contributed by atoms with Gasteiger partial charge in [-0.15, -0.1) is 0 Å². The molecule has 1 aromatic carbocycles. The number of hydrogen-bond acceptors (Lipinski definition) is 4.